The molecule has 1 aliphatic rings. The summed E-state index contributed by atoms with van der Waals surface area (Å²) in [6.07, 6.45) is 0.879. The standard InChI is InChI=1S/C22H21FN6O3/c23-16-8-6-15(7-9-16)18-4-3-5-19(21(18)22(31)28-10-1-2-11-28)32-14-17(30)13-29-26-20(12-24)25-27-29/h3-9,17,30H,1-2,10-11,13-14H2. The van der Waals surface area contributed by atoms with Gasteiger partial charge in [-0.3, -0.25) is 4.79 Å². The minimum Gasteiger partial charge on any atom is -0.490 e. The zero-order valence-corrected chi connectivity index (χ0v) is 17.2. The van der Waals surface area contributed by atoms with E-state index in [4.69, 9.17) is 10.00 Å². The van der Waals surface area contributed by atoms with Crippen molar-refractivity contribution in [1.29, 1.82) is 5.26 Å². The minimum absolute atomic E-state index is 0.0261. The van der Waals surface area contributed by atoms with Crippen molar-refractivity contribution in [3.63, 3.8) is 0 Å². The quantitative estimate of drug-likeness (QED) is 0.602. The van der Waals surface area contributed by atoms with Gasteiger partial charge in [0.15, 0.2) is 0 Å². The van der Waals surface area contributed by atoms with Gasteiger partial charge in [0.2, 0.25) is 0 Å². The Kier molecular flexibility index (Phi) is 6.37. The number of carbonyl (C=O) groups excluding carboxylic acids is 1. The van der Waals surface area contributed by atoms with Crippen LogP contribution in [0.1, 0.15) is 29.0 Å². The molecule has 1 N–H and O–H groups in total. The molecule has 2 heterocycles. The van der Waals surface area contributed by atoms with Crippen molar-refractivity contribution in [1.82, 2.24) is 25.1 Å². The third kappa shape index (κ3) is 4.73. The summed E-state index contributed by atoms with van der Waals surface area (Å²) >= 11 is 0. The molecule has 32 heavy (non-hydrogen) atoms. The number of carbonyl (C=O) groups is 1. The summed E-state index contributed by atoms with van der Waals surface area (Å²) in [5.74, 6) is -0.294. The number of aromatic nitrogens is 4. The molecule has 0 aliphatic carbocycles. The molecule has 10 heteroatoms. The number of benzene rings is 2. The molecule has 0 saturated carbocycles. The van der Waals surface area contributed by atoms with E-state index in [0.29, 0.717) is 35.5 Å². The molecule has 1 amide bonds. The van der Waals surface area contributed by atoms with Crippen LogP contribution in [0.2, 0.25) is 0 Å². The lowest BCUT2D eigenvalue weighted by molar-refractivity contribution is 0.0753. The Morgan fingerprint density at radius 3 is 2.66 bits per heavy atom. The average molecular weight is 436 g/mol. The van der Waals surface area contributed by atoms with Gasteiger partial charge in [-0.05, 0) is 47.4 Å². The molecule has 9 nitrogen and oxygen atoms in total. The molecule has 3 aromatic rings. The summed E-state index contributed by atoms with van der Waals surface area (Å²) in [5.41, 5.74) is 1.69. The SMILES string of the molecule is N#Cc1nnn(CC(O)COc2cccc(-c3ccc(F)cc3)c2C(=O)N2CCCC2)n1. The van der Waals surface area contributed by atoms with Gasteiger partial charge in [0.1, 0.15) is 30.3 Å². The normalized spacial score (nSPS) is 14.2. The van der Waals surface area contributed by atoms with Crippen LogP contribution in [0.25, 0.3) is 11.1 Å². The van der Waals surface area contributed by atoms with E-state index in [2.05, 4.69) is 15.4 Å². The highest BCUT2D eigenvalue weighted by molar-refractivity contribution is 6.03. The van der Waals surface area contributed by atoms with E-state index in [0.717, 1.165) is 17.6 Å². The molecule has 1 fully saturated rings. The van der Waals surface area contributed by atoms with Gasteiger partial charge >= 0.3 is 0 Å². The van der Waals surface area contributed by atoms with Crippen molar-refractivity contribution in [2.45, 2.75) is 25.5 Å². The number of amides is 1. The average Bonchev–Trinajstić information content (AvgIpc) is 3.50. The Bertz CT molecular complexity index is 1140. The molecule has 164 valence electrons. The van der Waals surface area contributed by atoms with Gasteiger partial charge in [0.25, 0.3) is 11.7 Å². The van der Waals surface area contributed by atoms with Gasteiger partial charge in [-0.25, -0.2) is 4.39 Å². The number of aliphatic hydroxyl groups excluding tert-OH is 1. The summed E-state index contributed by atoms with van der Waals surface area (Å²) in [6, 6.07) is 12.9. The fraction of sp³-hybridized carbons (Fsp3) is 0.318. The molecule has 0 spiro atoms. The van der Waals surface area contributed by atoms with Crippen LogP contribution in [0.4, 0.5) is 4.39 Å². The van der Waals surface area contributed by atoms with Crippen LogP contribution in [0, 0.1) is 17.1 Å². The fourth-order valence-corrected chi connectivity index (χ4v) is 3.61. The first-order valence-electron chi connectivity index (χ1n) is 10.2. The predicted octanol–water partition coefficient (Wildman–Crippen LogP) is 2.03. The second-order valence-corrected chi connectivity index (χ2v) is 7.43. The molecule has 4 rings (SSSR count). The maximum absolute atomic E-state index is 13.4. The lowest BCUT2D eigenvalue weighted by Crippen LogP contribution is -2.29. The lowest BCUT2D eigenvalue weighted by Gasteiger charge is -2.21. The smallest absolute Gasteiger partial charge is 0.273 e. The predicted molar refractivity (Wildman–Crippen MR) is 111 cm³/mol. The third-order valence-electron chi connectivity index (χ3n) is 5.15. The van der Waals surface area contributed by atoms with Gasteiger partial charge in [-0.1, -0.05) is 29.4 Å². The summed E-state index contributed by atoms with van der Waals surface area (Å²) in [5, 5.41) is 30.1. The summed E-state index contributed by atoms with van der Waals surface area (Å²) in [6.45, 7) is 1.17. The van der Waals surface area contributed by atoms with Crippen molar-refractivity contribution in [2.75, 3.05) is 19.7 Å². The minimum atomic E-state index is -1.00. The largest absolute Gasteiger partial charge is 0.490 e. The van der Waals surface area contributed by atoms with Crippen LogP contribution in [-0.2, 0) is 6.54 Å². The molecule has 1 aliphatic heterocycles. The van der Waals surface area contributed by atoms with E-state index in [1.165, 1.54) is 12.1 Å². The van der Waals surface area contributed by atoms with Crippen LogP contribution >= 0.6 is 0 Å². The van der Waals surface area contributed by atoms with Crippen LogP contribution in [0.5, 0.6) is 5.75 Å². The molecular formula is C22H21FN6O3. The number of nitrogens with zero attached hydrogens (tertiary/aromatic N) is 6. The topological polar surface area (TPSA) is 117 Å². The number of hydrogen-bond acceptors (Lipinski definition) is 7. The van der Waals surface area contributed by atoms with Gasteiger partial charge in [-0.2, -0.15) is 10.1 Å². The molecule has 1 unspecified atom stereocenters. The van der Waals surface area contributed by atoms with Gasteiger partial charge < -0.3 is 14.7 Å². The highest BCUT2D eigenvalue weighted by Crippen LogP contribution is 2.33. The Labute approximate surface area is 183 Å². The molecule has 2 aromatic carbocycles. The first-order valence-corrected chi connectivity index (χ1v) is 10.2. The first-order chi connectivity index (χ1) is 15.5. The number of tetrazole rings is 1. The second kappa shape index (κ2) is 9.53. The monoisotopic (exact) mass is 436 g/mol. The van der Waals surface area contributed by atoms with Crippen molar-refractivity contribution >= 4 is 5.91 Å². The van der Waals surface area contributed by atoms with Crippen LogP contribution in [0.3, 0.4) is 0 Å². The summed E-state index contributed by atoms with van der Waals surface area (Å²) in [7, 11) is 0. The van der Waals surface area contributed by atoms with Crippen molar-refractivity contribution in [3.05, 3.63) is 59.7 Å². The van der Waals surface area contributed by atoms with Crippen LogP contribution in [0.15, 0.2) is 42.5 Å². The van der Waals surface area contributed by atoms with E-state index in [1.54, 1.807) is 41.3 Å². The zero-order valence-electron chi connectivity index (χ0n) is 17.2. The Morgan fingerprint density at radius 1 is 1.22 bits per heavy atom. The maximum atomic E-state index is 13.4. The van der Waals surface area contributed by atoms with Crippen LogP contribution < -0.4 is 4.74 Å². The van der Waals surface area contributed by atoms with Crippen molar-refractivity contribution < 1.29 is 19.0 Å². The van der Waals surface area contributed by atoms with E-state index < -0.39 is 6.10 Å². The molecule has 1 saturated heterocycles. The van der Waals surface area contributed by atoms with Crippen molar-refractivity contribution in [3.8, 4) is 22.9 Å². The molecule has 1 aromatic heterocycles. The van der Waals surface area contributed by atoms with E-state index in [-0.39, 0.29) is 30.7 Å². The number of nitriles is 1. The Balaban J connectivity index is 1.59. The molecule has 1 atom stereocenters. The number of hydrogen-bond donors (Lipinski definition) is 1. The number of ether oxygens (including phenoxy) is 1. The van der Waals surface area contributed by atoms with E-state index in [1.807, 2.05) is 0 Å². The lowest BCUT2D eigenvalue weighted by atomic mass is 9.97. The highest BCUT2D eigenvalue weighted by Gasteiger charge is 2.26. The van der Waals surface area contributed by atoms with Gasteiger partial charge in [0.05, 0.1) is 12.1 Å². The number of likely N-dealkylation sites (tertiary alicyclic amines) is 1. The Hall–Kier alpha value is -3.84. The number of halogens is 1. The van der Waals surface area contributed by atoms with Gasteiger partial charge in [-0.15, -0.1) is 5.10 Å². The number of rotatable bonds is 7. The highest BCUT2D eigenvalue weighted by atomic mass is 19.1. The maximum Gasteiger partial charge on any atom is 0.273 e. The van der Waals surface area contributed by atoms with Crippen LogP contribution in [-0.4, -0.2) is 61.9 Å². The third-order valence-corrected chi connectivity index (χ3v) is 5.15. The van der Waals surface area contributed by atoms with E-state index >= 15 is 0 Å². The molecule has 0 bridgehead atoms. The second-order valence-electron chi connectivity index (χ2n) is 7.43. The number of aliphatic hydroxyl groups is 1. The summed E-state index contributed by atoms with van der Waals surface area (Å²) < 4.78 is 19.3. The van der Waals surface area contributed by atoms with E-state index in [9.17, 15) is 14.3 Å². The van der Waals surface area contributed by atoms with Crippen molar-refractivity contribution in [2.24, 2.45) is 0 Å². The molecule has 0 radical (unpaired) electrons. The fourth-order valence-electron chi connectivity index (χ4n) is 3.61. The van der Waals surface area contributed by atoms with Gasteiger partial charge in [0, 0.05) is 13.1 Å². The molecular weight excluding hydrogens is 415 g/mol. The Morgan fingerprint density at radius 2 is 1.97 bits per heavy atom. The summed E-state index contributed by atoms with van der Waals surface area (Å²) in [4.78, 5) is 16.2. The first kappa shape index (κ1) is 21.4. The zero-order chi connectivity index (χ0) is 22.5.